The maximum atomic E-state index is 13.5. The molecule has 0 atom stereocenters. The molecule has 1 saturated heterocycles. The molecule has 3 nitrogen and oxygen atoms in total. The number of hydrogen-bond donors (Lipinski definition) is 1. The first-order valence-electron chi connectivity index (χ1n) is 6.24. The van der Waals surface area contributed by atoms with Gasteiger partial charge in [0.1, 0.15) is 5.82 Å². The van der Waals surface area contributed by atoms with Crippen LogP contribution < -0.4 is 5.73 Å². The van der Waals surface area contributed by atoms with Gasteiger partial charge < -0.3 is 5.73 Å². The van der Waals surface area contributed by atoms with E-state index < -0.39 is 10.8 Å². The summed E-state index contributed by atoms with van der Waals surface area (Å²) in [6, 6.07) is 4.98. The monoisotopic (exact) mass is 280 g/mol. The Morgan fingerprint density at radius 3 is 2.79 bits per heavy atom. The van der Waals surface area contributed by atoms with E-state index in [4.69, 9.17) is 5.73 Å². The predicted octanol–water partition coefficient (Wildman–Crippen LogP) is 0.700. The Morgan fingerprint density at radius 1 is 1.37 bits per heavy atom. The number of halogens is 1. The smallest absolute Gasteiger partial charge is 0.138 e. The second-order valence-electron chi connectivity index (χ2n) is 4.44. The van der Waals surface area contributed by atoms with Gasteiger partial charge in [0, 0.05) is 41.9 Å². The molecule has 2 N–H and O–H groups in total. The highest BCUT2D eigenvalue weighted by Gasteiger charge is 2.15. The first-order valence-corrected chi connectivity index (χ1v) is 7.72. The summed E-state index contributed by atoms with van der Waals surface area (Å²) in [5, 5.41) is 0. The molecule has 1 aliphatic rings. The van der Waals surface area contributed by atoms with E-state index in [9.17, 15) is 8.60 Å². The molecule has 0 amide bonds. The molecule has 102 valence electrons. The Balaban J connectivity index is 2.06. The van der Waals surface area contributed by atoms with Crippen LogP contribution in [-0.2, 0) is 17.3 Å². The van der Waals surface area contributed by atoms with E-state index in [-0.39, 0.29) is 12.4 Å². The zero-order chi connectivity index (χ0) is 13.7. The summed E-state index contributed by atoms with van der Waals surface area (Å²) >= 11 is 0. The Bertz CT molecular complexity index is 526. The maximum absolute atomic E-state index is 13.5. The molecule has 1 aliphatic heterocycles. The molecule has 0 bridgehead atoms. The topological polar surface area (TPSA) is 46.3 Å². The van der Waals surface area contributed by atoms with Gasteiger partial charge in [-0.15, -0.1) is 0 Å². The van der Waals surface area contributed by atoms with Gasteiger partial charge in [-0.3, -0.25) is 9.11 Å². The van der Waals surface area contributed by atoms with Crippen molar-refractivity contribution in [3.63, 3.8) is 0 Å². The number of hydrogen-bond acceptors (Lipinski definition) is 3. The zero-order valence-electron chi connectivity index (χ0n) is 10.7. The van der Waals surface area contributed by atoms with Gasteiger partial charge in [0.2, 0.25) is 0 Å². The molecular weight excluding hydrogens is 263 g/mol. The van der Waals surface area contributed by atoms with Crippen molar-refractivity contribution in [2.45, 2.75) is 6.54 Å². The Kier molecular flexibility index (Phi) is 5.08. The van der Waals surface area contributed by atoms with Gasteiger partial charge in [0.15, 0.2) is 0 Å². The SMILES string of the molecule is NCC#Cc1cc(CN2CCS(=O)CC2)ccc1F. The Labute approximate surface area is 115 Å². The molecule has 0 spiro atoms. The first-order chi connectivity index (χ1) is 9.19. The largest absolute Gasteiger partial charge is 0.320 e. The lowest BCUT2D eigenvalue weighted by Gasteiger charge is -2.26. The van der Waals surface area contributed by atoms with Crippen LogP contribution in [0.15, 0.2) is 18.2 Å². The summed E-state index contributed by atoms with van der Waals surface area (Å²) in [5.74, 6) is 6.54. The Hall–Kier alpha value is -1.22. The molecular formula is C14H17FN2OS. The van der Waals surface area contributed by atoms with Gasteiger partial charge >= 0.3 is 0 Å². The van der Waals surface area contributed by atoms with E-state index in [1.165, 1.54) is 6.07 Å². The van der Waals surface area contributed by atoms with Crippen molar-refractivity contribution in [1.82, 2.24) is 4.90 Å². The molecule has 0 aliphatic carbocycles. The van der Waals surface area contributed by atoms with Crippen LogP contribution in [0.5, 0.6) is 0 Å². The van der Waals surface area contributed by atoms with Crippen LogP contribution in [0.1, 0.15) is 11.1 Å². The van der Waals surface area contributed by atoms with Crippen molar-refractivity contribution in [3.8, 4) is 11.8 Å². The molecule has 1 aromatic rings. The van der Waals surface area contributed by atoms with Crippen molar-refractivity contribution in [3.05, 3.63) is 35.1 Å². The van der Waals surface area contributed by atoms with Crippen molar-refractivity contribution >= 4 is 10.8 Å². The highest BCUT2D eigenvalue weighted by molar-refractivity contribution is 7.85. The van der Waals surface area contributed by atoms with Gasteiger partial charge in [0.25, 0.3) is 0 Å². The molecule has 1 heterocycles. The van der Waals surface area contributed by atoms with Crippen LogP contribution in [0.3, 0.4) is 0 Å². The van der Waals surface area contributed by atoms with E-state index in [1.807, 2.05) is 0 Å². The van der Waals surface area contributed by atoms with E-state index in [0.717, 1.165) is 36.7 Å². The number of nitrogens with zero attached hydrogens (tertiary/aromatic N) is 1. The molecule has 1 aromatic carbocycles. The fourth-order valence-corrected chi connectivity index (χ4v) is 3.13. The molecule has 0 aromatic heterocycles. The summed E-state index contributed by atoms with van der Waals surface area (Å²) in [6.07, 6.45) is 0. The Morgan fingerprint density at radius 2 is 2.11 bits per heavy atom. The third-order valence-corrected chi connectivity index (χ3v) is 4.31. The fraction of sp³-hybridized carbons (Fsp3) is 0.429. The lowest BCUT2D eigenvalue weighted by Crippen LogP contribution is -2.37. The molecule has 19 heavy (non-hydrogen) atoms. The minimum Gasteiger partial charge on any atom is -0.320 e. The van der Waals surface area contributed by atoms with E-state index in [2.05, 4.69) is 16.7 Å². The standard InChI is InChI=1S/C14H17FN2OS/c15-14-4-3-12(10-13(14)2-1-5-16)11-17-6-8-19(18)9-7-17/h3-4,10H,5-9,11,16H2. The van der Waals surface area contributed by atoms with Crippen molar-refractivity contribution in [2.75, 3.05) is 31.1 Å². The molecule has 0 unspecified atom stereocenters. The van der Waals surface area contributed by atoms with Gasteiger partial charge in [-0.1, -0.05) is 17.9 Å². The second kappa shape index (κ2) is 6.80. The van der Waals surface area contributed by atoms with Gasteiger partial charge in [-0.2, -0.15) is 0 Å². The van der Waals surface area contributed by atoms with Crippen molar-refractivity contribution < 1.29 is 8.60 Å². The maximum Gasteiger partial charge on any atom is 0.138 e. The minimum atomic E-state index is -0.669. The molecule has 0 saturated carbocycles. The summed E-state index contributed by atoms with van der Waals surface area (Å²) in [6.45, 7) is 2.62. The quantitative estimate of drug-likeness (QED) is 0.811. The third kappa shape index (κ3) is 4.13. The third-order valence-electron chi connectivity index (χ3n) is 3.03. The van der Waals surface area contributed by atoms with Crippen LogP contribution in [0.2, 0.25) is 0 Å². The van der Waals surface area contributed by atoms with E-state index in [1.54, 1.807) is 12.1 Å². The normalized spacial score (nSPS) is 16.9. The van der Waals surface area contributed by atoms with Crippen LogP contribution in [0, 0.1) is 17.7 Å². The van der Waals surface area contributed by atoms with Gasteiger partial charge in [-0.25, -0.2) is 4.39 Å². The van der Waals surface area contributed by atoms with Gasteiger partial charge in [0.05, 0.1) is 12.1 Å². The van der Waals surface area contributed by atoms with Crippen LogP contribution in [0.4, 0.5) is 4.39 Å². The van der Waals surface area contributed by atoms with Crippen LogP contribution >= 0.6 is 0 Å². The molecule has 5 heteroatoms. The summed E-state index contributed by atoms with van der Waals surface area (Å²) < 4.78 is 24.8. The highest BCUT2D eigenvalue weighted by atomic mass is 32.2. The lowest BCUT2D eigenvalue weighted by molar-refractivity contribution is 0.291. The molecule has 1 fully saturated rings. The van der Waals surface area contributed by atoms with Gasteiger partial charge in [-0.05, 0) is 17.7 Å². The van der Waals surface area contributed by atoms with E-state index in [0.29, 0.717) is 5.56 Å². The summed E-state index contributed by atoms with van der Waals surface area (Å²) in [5.41, 5.74) is 6.71. The predicted molar refractivity (Wildman–Crippen MR) is 75.5 cm³/mol. The van der Waals surface area contributed by atoms with Crippen LogP contribution in [-0.4, -0.2) is 40.2 Å². The van der Waals surface area contributed by atoms with Crippen LogP contribution in [0.25, 0.3) is 0 Å². The average Bonchev–Trinajstić information content (AvgIpc) is 2.42. The zero-order valence-corrected chi connectivity index (χ0v) is 11.5. The highest BCUT2D eigenvalue weighted by Crippen LogP contribution is 2.13. The minimum absolute atomic E-state index is 0.224. The van der Waals surface area contributed by atoms with E-state index >= 15 is 0 Å². The number of nitrogens with two attached hydrogens (primary N) is 1. The molecule has 2 rings (SSSR count). The number of rotatable bonds is 2. The van der Waals surface area contributed by atoms with Crippen molar-refractivity contribution in [2.24, 2.45) is 5.73 Å². The average molecular weight is 280 g/mol. The summed E-state index contributed by atoms with van der Waals surface area (Å²) in [4.78, 5) is 2.23. The first kappa shape index (κ1) is 14.2. The lowest BCUT2D eigenvalue weighted by atomic mass is 10.1. The van der Waals surface area contributed by atoms with Crippen molar-refractivity contribution in [1.29, 1.82) is 0 Å². The number of benzene rings is 1. The fourth-order valence-electron chi connectivity index (χ4n) is 2.00. The second-order valence-corrected chi connectivity index (χ2v) is 6.14. The summed E-state index contributed by atoms with van der Waals surface area (Å²) in [7, 11) is -0.669. The molecule has 0 radical (unpaired) electrons.